The van der Waals surface area contributed by atoms with Crippen LogP contribution in [0.15, 0.2) is 42.5 Å². The minimum Gasteiger partial charge on any atom is -0.497 e. The van der Waals surface area contributed by atoms with Gasteiger partial charge >= 0.3 is 5.97 Å². The van der Waals surface area contributed by atoms with E-state index in [2.05, 4.69) is 5.32 Å². The summed E-state index contributed by atoms with van der Waals surface area (Å²) >= 11 is 0. The second kappa shape index (κ2) is 7.15. The molecular formula is C20H20FNO4. The first-order chi connectivity index (χ1) is 12.5. The van der Waals surface area contributed by atoms with Crippen LogP contribution in [0.2, 0.25) is 0 Å². The number of aromatic carboxylic acids is 1. The Morgan fingerprint density at radius 1 is 1.15 bits per heavy atom. The van der Waals surface area contributed by atoms with Crippen molar-refractivity contribution in [3.8, 4) is 5.75 Å². The first-order valence-electron chi connectivity index (χ1n) is 8.45. The number of rotatable bonds is 5. The fourth-order valence-electron chi connectivity index (χ4n) is 3.54. The molecule has 0 aromatic heterocycles. The van der Waals surface area contributed by atoms with E-state index in [0.29, 0.717) is 18.6 Å². The molecule has 2 aromatic rings. The van der Waals surface area contributed by atoms with Gasteiger partial charge in [-0.3, -0.25) is 4.79 Å². The zero-order valence-electron chi connectivity index (χ0n) is 14.4. The maximum atomic E-state index is 14.1. The third kappa shape index (κ3) is 3.27. The summed E-state index contributed by atoms with van der Waals surface area (Å²) in [5.41, 5.74) is -0.158. The van der Waals surface area contributed by atoms with Crippen molar-refractivity contribution in [3.05, 3.63) is 59.4 Å². The topological polar surface area (TPSA) is 75.6 Å². The molecule has 136 valence electrons. The van der Waals surface area contributed by atoms with Gasteiger partial charge in [-0.05, 0) is 48.7 Å². The van der Waals surface area contributed by atoms with E-state index in [4.69, 9.17) is 9.84 Å². The lowest BCUT2D eigenvalue weighted by Gasteiger charge is -2.28. The number of ether oxygens (including phenoxy) is 1. The summed E-state index contributed by atoms with van der Waals surface area (Å²) in [5.74, 6) is -1.52. The van der Waals surface area contributed by atoms with Crippen molar-refractivity contribution in [2.24, 2.45) is 0 Å². The van der Waals surface area contributed by atoms with Crippen LogP contribution in [0.25, 0.3) is 0 Å². The molecule has 0 radical (unpaired) electrons. The quantitative estimate of drug-likeness (QED) is 0.849. The van der Waals surface area contributed by atoms with Crippen LogP contribution in [0.4, 0.5) is 10.1 Å². The van der Waals surface area contributed by atoms with Crippen LogP contribution in [-0.2, 0) is 10.2 Å². The van der Waals surface area contributed by atoms with Gasteiger partial charge in [0.2, 0.25) is 5.91 Å². The Bertz CT molecular complexity index is 843. The van der Waals surface area contributed by atoms with Gasteiger partial charge in [-0.25, -0.2) is 9.18 Å². The van der Waals surface area contributed by atoms with E-state index in [-0.39, 0.29) is 17.2 Å². The lowest BCUT2D eigenvalue weighted by atomic mass is 9.78. The average Bonchev–Trinajstić information content (AvgIpc) is 3.14. The molecule has 6 heteroatoms. The van der Waals surface area contributed by atoms with E-state index in [1.165, 1.54) is 6.07 Å². The molecule has 0 saturated heterocycles. The maximum absolute atomic E-state index is 14.1. The number of hydrogen-bond acceptors (Lipinski definition) is 3. The molecule has 0 aliphatic heterocycles. The lowest BCUT2D eigenvalue weighted by Crippen LogP contribution is -2.38. The Hall–Kier alpha value is -2.89. The number of nitrogens with one attached hydrogen (secondary N) is 1. The molecule has 3 rings (SSSR count). The number of carboxylic acid groups (broad SMARTS) is 1. The summed E-state index contributed by atoms with van der Waals surface area (Å²) in [6.07, 6.45) is 3.07. The summed E-state index contributed by atoms with van der Waals surface area (Å²) in [4.78, 5) is 24.2. The lowest BCUT2D eigenvalue weighted by molar-refractivity contribution is -0.121. The predicted octanol–water partition coefficient (Wildman–Crippen LogP) is 3.98. The normalized spacial score (nSPS) is 15.5. The monoisotopic (exact) mass is 357 g/mol. The van der Waals surface area contributed by atoms with Crippen LogP contribution in [0.1, 0.15) is 41.6 Å². The number of carbonyl (C=O) groups is 2. The van der Waals surface area contributed by atoms with Crippen molar-refractivity contribution < 1.29 is 23.8 Å². The van der Waals surface area contributed by atoms with E-state index < -0.39 is 17.2 Å². The predicted molar refractivity (Wildman–Crippen MR) is 95.1 cm³/mol. The van der Waals surface area contributed by atoms with E-state index in [0.717, 1.165) is 30.5 Å². The number of carboxylic acids is 1. The van der Waals surface area contributed by atoms with E-state index >= 15 is 0 Å². The van der Waals surface area contributed by atoms with Crippen LogP contribution >= 0.6 is 0 Å². The third-order valence-corrected chi connectivity index (χ3v) is 4.98. The summed E-state index contributed by atoms with van der Waals surface area (Å²) in [6.45, 7) is 0. The maximum Gasteiger partial charge on any atom is 0.335 e. The van der Waals surface area contributed by atoms with E-state index in [1.807, 2.05) is 18.2 Å². The molecule has 26 heavy (non-hydrogen) atoms. The van der Waals surface area contributed by atoms with Crippen LogP contribution in [0, 0.1) is 5.82 Å². The van der Waals surface area contributed by atoms with Crippen molar-refractivity contribution in [2.45, 2.75) is 31.1 Å². The molecule has 0 bridgehead atoms. The molecule has 2 N–H and O–H groups in total. The average molecular weight is 357 g/mol. The van der Waals surface area contributed by atoms with E-state index in [9.17, 15) is 14.0 Å². The summed E-state index contributed by atoms with van der Waals surface area (Å²) in [7, 11) is 1.56. The minimum absolute atomic E-state index is 0.0800. The van der Waals surface area contributed by atoms with Gasteiger partial charge in [-0.15, -0.1) is 0 Å². The first-order valence-corrected chi connectivity index (χ1v) is 8.45. The highest BCUT2D eigenvalue weighted by molar-refractivity contribution is 6.00. The van der Waals surface area contributed by atoms with Crippen molar-refractivity contribution in [3.63, 3.8) is 0 Å². The highest BCUT2D eigenvalue weighted by atomic mass is 19.1. The van der Waals surface area contributed by atoms with Crippen molar-refractivity contribution in [1.82, 2.24) is 0 Å². The molecule has 2 aromatic carbocycles. The van der Waals surface area contributed by atoms with Gasteiger partial charge in [-0.2, -0.15) is 0 Å². The molecule has 1 amide bonds. The van der Waals surface area contributed by atoms with Gasteiger partial charge in [0.15, 0.2) is 0 Å². The molecule has 5 nitrogen and oxygen atoms in total. The van der Waals surface area contributed by atoms with Gasteiger partial charge in [0.1, 0.15) is 11.6 Å². The second-order valence-electron chi connectivity index (χ2n) is 6.48. The molecule has 1 saturated carbocycles. The second-order valence-corrected chi connectivity index (χ2v) is 6.48. The fourth-order valence-corrected chi connectivity index (χ4v) is 3.54. The van der Waals surface area contributed by atoms with Crippen LogP contribution in [0.3, 0.4) is 0 Å². The number of methoxy groups -OCH3 is 1. The van der Waals surface area contributed by atoms with Crippen LogP contribution in [0.5, 0.6) is 5.75 Å². The Kier molecular flexibility index (Phi) is 4.93. The van der Waals surface area contributed by atoms with Crippen LogP contribution in [-0.4, -0.2) is 24.1 Å². The largest absolute Gasteiger partial charge is 0.497 e. The molecule has 0 atom stereocenters. The molecule has 1 aliphatic carbocycles. The van der Waals surface area contributed by atoms with Gasteiger partial charge in [0, 0.05) is 0 Å². The fraction of sp³-hybridized carbons (Fsp3) is 0.300. The zero-order valence-corrected chi connectivity index (χ0v) is 14.4. The van der Waals surface area contributed by atoms with Gasteiger partial charge in [0.05, 0.1) is 23.8 Å². The minimum atomic E-state index is -1.18. The molecule has 1 fully saturated rings. The van der Waals surface area contributed by atoms with Crippen LogP contribution < -0.4 is 10.1 Å². The number of anilines is 1. The first kappa shape index (κ1) is 17.9. The van der Waals surface area contributed by atoms with Gasteiger partial charge in [0.25, 0.3) is 0 Å². The van der Waals surface area contributed by atoms with Gasteiger partial charge in [-0.1, -0.05) is 25.0 Å². The van der Waals surface area contributed by atoms with E-state index in [1.54, 1.807) is 13.2 Å². The molecule has 1 aliphatic rings. The molecular weight excluding hydrogens is 337 g/mol. The highest BCUT2D eigenvalue weighted by Gasteiger charge is 2.43. The Morgan fingerprint density at radius 3 is 2.54 bits per heavy atom. The van der Waals surface area contributed by atoms with Crippen molar-refractivity contribution in [1.29, 1.82) is 0 Å². The highest BCUT2D eigenvalue weighted by Crippen LogP contribution is 2.43. The Morgan fingerprint density at radius 2 is 1.88 bits per heavy atom. The summed E-state index contributed by atoms with van der Waals surface area (Å²) < 4.78 is 19.4. The Balaban J connectivity index is 1.95. The number of hydrogen-bond donors (Lipinski definition) is 2. The van der Waals surface area contributed by atoms with Crippen molar-refractivity contribution >= 4 is 17.6 Å². The SMILES string of the molecule is COc1cccc(C2(C(=O)Nc3cc(C(=O)O)ccc3F)CCCC2)c1. The molecule has 0 heterocycles. The smallest absolute Gasteiger partial charge is 0.335 e. The van der Waals surface area contributed by atoms with Gasteiger partial charge < -0.3 is 15.2 Å². The number of halogens is 1. The Labute approximate surface area is 150 Å². The molecule has 0 unspecified atom stereocenters. The molecule has 0 spiro atoms. The van der Waals surface area contributed by atoms with Crippen molar-refractivity contribution in [2.75, 3.05) is 12.4 Å². The number of benzene rings is 2. The summed E-state index contributed by atoms with van der Waals surface area (Å²) in [5, 5.41) is 11.7. The third-order valence-electron chi connectivity index (χ3n) is 4.98. The number of amides is 1. The summed E-state index contributed by atoms with van der Waals surface area (Å²) in [6, 6.07) is 10.7. The zero-order chi connectivity index (χ0) is 18.7. The number of carbonyl (C=O) groups excluding carboxylic acids is 1. The standard InChI is InChI=1S/C20H20FNO4/c1-26-15-6-4-5-14(12-15)20(9-2-3-10-20)19(25)22-17-11-13(18(23)24)7-8-16(17)21/h4-8,11-12H,2-3,9-10H2,1H3,(H,22,25)(H,23,24).